The van der Waals surface area contributed by atoms with Crippen molar-refractivity contribution in [3.63, 3.8) is 0 Å². The summed E-state index contributed by atoms with van der Waals surface area (Å²) in [6.45, 7) is 4.10. The van der Waals surface area contributed by atoms with Gasteiger partial charge in [-0.1, -0.05) is 42.1 Å². The van der Waals surface area contributed by atoms with Crippen molar-refractivity contribution in [3.05, 3.63) is 58.6 Å². The van der Waals surface area contributed by atoms with Crippen molar-refractivity contribution in [2.45, 2.75) is 50.6 Å². The van der Waals surface area contributed by atoms with Gasteiger partial charge in [-0.3, -0.25) is 18.4 Å². The second kappa shape index (κ2) is 13.2. The van der Waals surface area contributed by atoms with Crippen LogP contribution in [0.2, 0.25) is 0 Å². The second-order valence-electron chi connectivity index (χ2n) is 9.79. The first-order valence-corrected chi connectivity index (χ1v) is 15.0. The van der Waals surface area contributed by atoms with Crippen LogP contribution in [0.3, 0.4) is 0 Å². The molecule has 2 aromatic rings. The van der Waals surface area contributed by atoms with Crippen LogP contribution < -0.4 is 16.5 Å². The largest absolute Gasteiger partial charge is 0.405 e. The van der Waals surface area contributed by atoms with Gasteiger partial charge in [-0.05, 0) is 32.4 Å². The molecule has 1 aromatic heterocycles. The fraction of sp³-hybridized carbons (Fsp3) is 0.542. The Morgan fingerprint density at radius 2 is 2.03 bits per heavy atom. The van der Waals surface area contributed by atoms with Gasteiger partial charge in [0.1, 0.15) is 22.9 Å². The third-order valence-corrected chi connectivity index (χ3v) is 9.23. The van der Waals surface area contributed by atoms with Gasteiger partial charge in [0.2, 0.25) is 0 Å². The lowest BCUT2D eigenvalue weighted by molar-refractivity contribution is -0.119. The lowest BCUT2D eigenvalue weighted by atomic mass is 9.97. The number of anilines is 1. The molecule has 15 heteroatoms. The van der Waals surface area contributed by atoms with Crippen LogP contribution in [0.5, 0.6) is 0 Å². The van der Waals surface area contributed by atoms with Crippen LogP contribution in [0.4, 0.5) is 5.82 Å². The molecule has 0 saturated carbocycles. The van der Waals surface area contributed by atoms with Crippen molar-refractivity contribution < 1.29 is 33.4 Å². The van der Waals surface area contributed by atoms with Gasteiger partial charge in [0.05, 0.1) is 25.2 Å². The van der Waals surface area contributed by atoms with E-state index in [0.717, 1.165) is 21.9 Å². The minimum Gasteiger partial charge on any atom is -0.395 e. The first kappa shape index (κ1) is 31.7. The molecule has 0 aliphatic carbocycles. The molecule has 216 valence electrons. The van der Waals surface area contributed by atoms with Gasteiger partial charge in [-0.2, -0.15) is 4.98 Å². The van der Waals surface area contributed by atoms with E-state index in [9.17, 15) is 24.4 Å². The Labute approximate surface area is 235 Å². The summed E-state index contributed by atoms with van der Waals surface area (Å²) < 4.78 is 31.8. The summed E-state index contributed by atoms with van der Waals surface area (Å²) in [6.07, 6.45) is -2.14. The fourth-order valence-electron chi connectivity index (χ4n) is 3.59. The number of carbonyl (C=O) groups excluding carboxylic acids is 1. The van der Waals surface area contributed by atoms with E-state index < -0.39 is 42.2 Å². The fourth-order valence-corrected chi connectivity index (χ4v) is 6.13. The topological polar surface area (TPSA) is 175 Å². The smallest absolute Gasteiger partial charge is 0.395 e. The highest BCUT2D eigenvalue weighted by molar-refractivity contribution is 8.13. The highest BCUT2D eigenvalue weighted by Crippen LogP contribution is 2.47. The summed E-state index contributed by atoms with van der Waals surface area (Å²) in [4.78, 5) is 26.8. The summed E-state index contributed by atoms with van der Waals surface area (Å²) in [7, 11) is -3.98. The minimum atomic E-state index is -3.98. The third kappa shape index (κ3) is 8.12. The van der Waals surface area contributed by atoms with E-state index in [0.29, 0.717) is 0 Å². The number of alkyl halides is 1. The predicted octanol–water partition coefficient (Wildman–Crippen LogP) is 2.29. The van der Waals surface area contributed by atoms with E-state index >= 15 is 0 Å². The Bertz CT molecular complexity index is 1230. The van der Waals surface area contributed by atoms with E-state index in [-0.39, 0.29) is 43.1 Å². The standard InChI is InChI=1S/C24H34ClN4O8PS/c1-23(2,15-30)21(32)39-12-11-35-38(34,27-13-16-7-5-4-6-8-16)36-14-17-19(31)24(3,25)20(37-17)29-10-9-18(26)28-22(29)33/h4-10,17,19-20,30-31H,11-15H2,1-3H3,(H,27,34)(H2,26,28,33)/t17-,19-,20-,24-,38?/m1/s1. The monoisotopic (exact) mass is 604 g/mol. The van der Waals surface area contributed by atoms with Gasteiger partial charge in [0.15, 0.2) is 11.3 Å². The molecule has 5 atom stereocenters. The quantitative estimate of drug-likeness (QED) is 0.149. The molecule has 5 N–H and O–H groups in total. The Hall–Kier alpha value is -1.80. The summed E-state index contributed by atoms with van der Waals surface area (Å²) >= 11 is 7.53. The number of thioether (sulfide) groups is 1. The van der Waals surface area contributed by atoms with Crippen LogP contribution >= 0.6 is 31.1 Å². The van der Waals surface area contributed by atoms with Gasteiger partial charge >= 0.3 is 13.4 Å². The Kier molecular flexibility index (Phi) is 10.8. The summed E-state index contributed by atoms with van der Waals surface area (Å²) in [6, 6.07) is 10.6. The van der Waals surface area contributed by atoms with Crippen LogP contribution in [0.1, 0.15) is 32.6 Å². The molecule has 1 fully saturated rings. The number of aliphatic hydroxyl groups is 2. The number of hydrogen-bond donors (Lipinski definition) is 4. The van der Waals surface area contributed by atoms with Crippen molar-refractivity contribution in [2.24, 2.45) is 5.41 Å². The average Bonchev–Trinajstić information content (AvgIpc) is 3.13. The number of rotatable bonds is 13. The molecule has 1 aliphatic heterocycles. The Morgan fingerprint density at radius 3 is 2.67 bits per heavy atom. The molecule has 1 aromatic carbocycles. The molecule has 2 heterocycles. The molecular weight excluding hydrogens is 571 g/mol. The van der Waals surface area contributed by atoms with Gasteiger partial charge in [-0.15, -0.1) is 11.6 Å². The maximum Gasteiger partial charge on any atom is 0.405 e. The average molecular weight is 605 g/mol. The number of nitrogens with two attached hydrogens (primary N) is 1. The zero-order chi connectivity index (χ0) is 28.8. The van der Waals surface area contributed by atoms with E-state index in [1.807, 2.05) is 30.3 Å². The number of carbonyl (C=O) groups is 1. The van der Waals surface area contributed by atoms with Crippen molar-refractivity contribution in [3.8, 4) is 0 Å². The van der Waals surface area contributed by atoms with Crippen LogP contribution in [0, 0.1) is 5.41 Å². The number of nitrogens with zero attached hydrogens (tertiary/aromatic N) is 2. The molecule has 39 heavy (non-hydrogen) atoms. The van der Waals surface area contributed by atoms with Crippen molar-refractivity contribution in [1.82, 2.24) is 14.6 Å². The molecule has 12 nitrogen and oxygen atoms in total. The molecule has 1 aliphatic rings. The first-order chi connectivity index (χ1) is 18.3. The van der Waals surface area contributed by atoms with Gasteiger partial charge in [0, 0.05) is 18.5 Å². The van der Waals surface area contributed by atoms with Crippen LogP contribution in [0.25, 0.3) is 0 Å². The van der Waals surface area contributed by atoms with Crippen molar-refractivity contribution >= 4 is 42.0 Å². The molecule has 0 spiro atoms. The molecular formula is C24H34ClN4O8PS. The van der Waals surface area contributed by atoms with E-state index in [2.05, 4.69) is 10.1 Å². The summed E-state index contributed by atoms with van der Waals surface area (Å²) in [5.41, 5.74) is 4.75. The number of ether oxygens (including phenoxy) is 1. The molecule has 0 radical (unpaired) electrons. The van der Waals surface area contributed by atoms with Crippen LogP contribution in [-0.4, -0.2) is 67.5 Å². The number of nitrogens with one attached hydrogen (secondary N) is 1. The molecule has 0 bridgehead atoms. The molecule has 1 unspecified atom stereocenters. The van der Waals surface area contributed by atoms with Crippen LogP contribution in [-0.2, 0) is 29.7 Å². The molecule has 0 amide bonds. The molecule has 1 saturated heterocycles. The first-order valence-electron chi connectivity index (χ1n) is 12.1. The minimum absolute atomic E-state index is 0.0216. The third-order valence-electron chi connectivity index (χ3n) is 6.08. The second-order valence-corrected chi connectivity index (χ2v) is 13.5. The highest BCUT2D eigenvalue weighted by Gasteiger charge is 2.54. The van der Waals surface area contributed by atoms with Crippen molar-refractivity contribution in [1.29, 1.82) is 0 Å². The lowest BCUT2D eigenvalue weighted by Crippen LogP contribution is -2.42. The van der Waals surface area contributed by atoms with Crippen LogP contribution in [0.15, 0.2) is 47.4 Å². The maximum atomic E-state index is 13.6. The maximum absolute atomic E-state index is 13.6. The number of hydrogen-bond acceptors (Lipinski definition) is 11. The summed E-state index contributed by atoms with van der Waals surface area (Å²) in [5.74, 6) is 0.188. The van der Waals surface area contributed by atoms with Gasteiger partial charge in [0.25, 0.3) is 0 Å². The Balaban J connectivity index is 1.68. The summed E-state index contributed by atoms with van der Waals surface area (Å²) in [5, 5.41) is 22.8. The van der Waals surface area contributed by atoms with E-state index in [1.54, 1.807) is 13.8 Å². The van der Waals surface area contributed by atoms with Gasteiger partial charge < -0.3 is 20.7 Å². The zero-order valence-electron chi connectivity index (χ0n) is 21.9. The number of nitrogen functional groups attached to an aromatic ring is 1. The Morgan fingerprint density at radius 1 is 1.33 bits per heavy atom. The predicted molar refractivity (Wildman–Crippen MR) is 148 cm³/mol. The van der Waals surface area contributed by atoms with Gasteiger partial charge in [-0.25, -0.2) is 14.4 Å². The van der Waals surface area contributed by atoms with E-state index in [4.69, 9.17) is 31.1 Å². The van der Waals surface area contributed by atoms with Crippen molar-refractivity contribution in [2.75, 3.05) is 31.3 Å². The number of halogens is 1. The zero-order valence-corrected chi connectivity index (χ0v) is 24.3. The SMILES string of the molecule is CC(C)(CO)C(=O)SCCOP(=O)(NCc1ccccc1)OC[C@H]1O[C@@H](n2ccc(N)nc2=O)[C@](C)(Cl)[C@@H]1O. The number of aromatic nitrogens is 2. The normalized spacial score (nSPS) is 24.9. The number of benzene rings is 1. The van der Waals surface area contributed by atoms with E-state index in [1.165, 1.54) is 19.2 Å². The lowest BCUT2D eigenvalue weighted by Gasteiger charge is -2.26. The number of aliphatic hydroxyl groups excluding tert-OH is 2. The molecule has 3 rings (SSSR count). The highest BCUT2D eigenvalue weighted by atomic mass is 35.5.